The van der Waals surface area contributed by atoms with Crippen molar-refractivity contribution >= 4 is 6.03 Å². The summed E-state index contributed by atoms with van der Waals surface area (Å²) in [7, 11) is 1.87. The third kappa shape index (κ3) is 4.49. The molecule has 2 aromatic carbocycles. The Bertz CT molecular complexity index is 962. The molecular formula is C23H26N4O2. The summed E-state index contributed by atoms with van der Waals surface area (Å²) in [6, 6.07) is 17.5. The largest absolute Gasteiger partial charge is 0.508 e. The van der Waals surface area contributed by atoms with Crippen LogP contribution in [0.4, 0.5) is 4.79 Å². The molecule has 0 aliphatic carbocycles. The van der Waals surface area contributed by atoms with E-state index in [0.29, 0.717) is 5.69 Å². The van der Waals surface area contributed by atoms with Crippen LogP contribution in [-0.2, 0) is 6.54 Å². The van der Waals surface area contributed by atoms with E-state index in [1.54, 1.807) is 30.7 Å². The second-order valence-corrected chi connectivity index (χ2v) is 7.60. The number of aromatic nitrogens is 2. The SMILES string of the molecule is CN(C(=O)n1cnc(-c2cccc(O)c2)c1)C1CCN(Cc2ccccc2)CC1. The maximum atomic E-state index is 12.9. The van der Waals surface area contributed by atoms with Gasteiger partial charge in [-0.1, -0.05) is 42.5 Å². The number of nitrogens with zero attached hydrogens (tertiary/aromatic N) is 4. The number of amides is 1. The number of likely N-dealkylation sites (tertiary alicyclic amines) is 1. The zero-order valence-electron chi connectivity index (χ0n) is 16.6. The highest BCUT2D eigenvalue weighted by Crippen LogP contribution is 2.22. The summed E-state index contributed by atoms with van der Waals surface area (Å²) in [5.41, 5.74) is 2.78. The number of rotatable bonds is 4. The minimum Gasteiger partial charge on any atom is -0.508 e. The second-order valence-electron chi connectivity index (χ2n) is 7.60. The summed E-state index contributed by atoms with van der Waals surface area (Å²) in [6.07, 6.45) is 5.19. The predicted molar refractivity (Wildman–Crippen MR) is 113 cm³/mol. The van der Waals surface area contributed by atoms with E-state index >= 15 is 0 Å². The van der Waals surface area contributed by atoms with E-state index in [4.69, 9.17) is 0 Å². The fourth-order valence-electron chi connectivity index (χ4n) is 3.89. The summed E-state index contributed by atoms with van der Waals surface area (Å²) < 4.78 is 1.52. The lowest BCUT2D eigenvalue weighted by molar-refractivity contribution is 0.132. The molecule has 2 heterocycles. The monoisotopic (exact) mass is 390 g/mol. The van der Waals surface area contributed by atoms with Crippen LogP contribution in [0.5, 0.6) is 5.75 Å². The molecule has 6 heteroatoms. The van der Waals surface area contributed by atoms with E-state index < -0.39 is 0 Å². The average molecular weight is 390 g/mol. The Morgan fingerprint density at radius 2 is 1.90 bits per heavy atom. The normalized spacial score (nSPS) is 15.3. The van der Waals surface area contributed by atoms with Gasteiger partial charge in [0, 0.05) is 44.5 Å². The van der Waals surface area contributed by atoms with Crippen molar-refractivity contribution in [2.24, 2.45) is 0 Å². The molecule has 0 spiro atoms. The summed E-state index contributed by atoms with van der Waals surface area (Å²) in [5.74, 6) is 0.183. The fraction of sp³-hybridized carbons (Fsp3) is 0.304. The Balaban J connectivity index is 1.35. The van der Waals surface area contributed by atoms with Crippen molar-refractivity contribution in [2.45, 2.75) is 25.4 Å². The summed E-state index contributed by atoms with van der Waals surface area (Å²) in [6.45, 7) is 2.92. The maximum absolute atomic E-state index is 12.9. The van der Waals surface area contributed by atoms with Gasteiger partial charge in [-0.2, -0.15) is 0 Å². The van der Waals surface area contributed by atoms with E-state index in [-0.39, 0.29) is 17.8 Å². The Kier molecular flexibility index (Phi) is 5.62. The Morgan fingerprint density at radius 3 is 2.62 bits per heavy atom. The summed E-state index contributed by atoms with van der Waals surface area (Å²) in [5, 5.41) is 9.65. The molecule has 6 nitrogen and oxygen atoms in total. The van der Waals surface area contributed by atoms with E-state index in [1.807, 2.05) is 24.1 Å². The molecule has 0 bridgehead atoms. The molecule has 1 N–H and O–H groups in total. The molecule has 0 saturated carbocycles. The first-order chi connectivity index (χ1) is 14.1. The van der Waals surface area contributed by atoms with Gasteiger partial charge in [-0.3, -0.25) is 9.47 Å². The molecule has 1 aliphatic rings. The van der Waals surface area contributed by atoms with Gasteiger partial charge >= 0.3 is 6.03 Å². The van der Waals surface area contributed by atoms with Gasteiger partial charge in [-0.25, -0.2) is 9.78 Å². The minimum absolute atomic E-state index is 0.0783. The highest BCUT2D eigenvalue weighted by atomic mass is 16.3. The number of phenols is 1. The van der Waals surface area contributed by atoms with E-state index in [0.717, 1.165) is 38.0 Å². The molecular weight excluding hydrogens is 364 g/mol. The highest BCUT2D eigenvalue weighted by molar-refractivity contribution is 5.78. The van der Waals surface area contributed by atoms with Crippen molar-refractivity contribution in [3.8, 4) is 17.0 Å². The molecule has 150 valence electrons. The topological polar surface area (TPSA) is 61.6 Å². The maximum Gasteiger partial charge on any atom is 0.329 e. The van der Waals surface area contributed by atoms with Crippen LogP contribution in [0.15, 0.2) is 67.1 Å². The van der Waals surface area contributed by atoms with Gasteiger partial charge in [0.2, 0.25) is 0 Å². The Labute approximate surface area is 171 Å². The van der Waals surface area contributed by atoms with Gasteiger partial charge in [0.15, 0.2) is 0 Å². The third-order valence-corrected chi connectivity index (χ3v) is 5.60. The smallest absolute Gasteiger partial charge is 0.329 e. The van der Waals surface area contributed by atoms with Crippen LogP contribution < -0.4 is 0 Å². The predicted octanol–water partition coefficient (Wildman–Crippen LogP) is 3.82. The van der Waals surface area contributed by atoms with Crippen LogP contribution >= 0.6 is 0 Å². The molecule has 1 aliphatic heterocycles. The summed E-state index contributed by atoms with van der Waals surface area (Å²) in [4.78, 5) is 21.5. The van der Waals surface area contributed by atoms with Crippen molar-refractivity contribution in [3.05, 3.63) is 72.7 Å². The first kappa shape index (κ1) is 19.2. The van der Waals surface area contributed by atoms with Gasteiger partial charge in [0.05, 0.1) is 5.69 Å². The van der Waals surface area contributed by atoms with Gasteiger partial charge in [-0.05, 0) is 30.5 Å². The quantitative estimate of drug-likeness (QED) is 0.736. The molecule has 29 heavy (non-hydrogen) atoms. The van der Waals surface area contributed by atoms with Gasteiger partial charge in [0.1, 0.15) is 12.1 Å². The molecule has 1 aromatic heterocycles. The van der Waals surface area contributed by atoms with Crippen LogP contribution in [0.2, 0.25) is 0 Å². The molecule has 4 rings (SSSR count). The first-order valence-corrected chi connectivity index (χ1v) is 9.97. The number of carbonyl (C=O) groups is 1. The number of aromatic hydroxyl groups is 1. The van der Waals surface area contributed by atoms with E-state index in [2.05, 4.69) is 34.1 Å². The van der Waals surface area contributed by atoms with Gasteiger partial charge in [-0.15, -0.1) is 0 Å². The van der Waals surface area contributed by atoms with Crippen LogP contribution in [0.3, 0.4) is 0 Å². The number of phenolic OH excluding ortho intramolecular Hbond substituents is 1. The fourth-order valence-corrected chi connectivity index (χ4v) is 3.89. The van der Waals surface area contributed by atoms with Gasteiger partial charge in [0.25, 0.3) is 0 Å². The summed E-state index contributed by atoms with van der Waals surface area (Å²) >= 11 is 0. The number of piperidine rings is 1. The molecule has 0 radical (unpaired) electrons. The lowest BCUT2D eigenvalue weighted by Gasteiger charge is -2.36. The van der Waals surface area contributed by atoms with E-state index in [1.165, 1.54) is 10.1 Å². The number of imidazole rings is 1. The van der Waals surface area contributed by atoms with Crippen molar-refractivity contribution in [1.82, 2.24) is 19.4 Å². The van der Waals surface area contributed by atoms with Crippen LogP contribution in [-0.4, -0.2) is 56.7 Å². The molecule has 0 atom stereocenters. The minimum atomic E-state index is -0.0783. The van der Waals surface area contributed by atoms with Crippen LogP contribution in [0.1, 0.15) is 18.4 Å². The highest BCUT2D eigenvalue weighted by Gasteiger charge is 2.26. The van der Waals surface area contributed by atoms with Crippen molar-refractivity contribution < 1.29 is 9.90 Å². The molecule has 1 fully saturated rings. The molecule has 1 amide bonds. The van der Waals surface area contributed by atoms with Crippen molar-refractivity contribution in [1.29, 1.82) is 0 Å². The zero-order chi connectivity index (χ0) is 20.2. The lowest BCUT2D eigenvalue weighted by Crippen LogP contribution is -2.46. The molecule has 0 unspecified atom stereocenters. The lowest BCUT2D eigenvalue weighted by atomic mass is 10.0. The van der Waals surface area contributed by atoms with Crippen LogP contribution in [0, 0.1) is 0 Å². The van der Waals surface area contributed by atoms with Gasteiger partial charge < -0.3 is 10.0 Å². The molecule has 1 saturated heterocycles. The Morgan fingerprint density at radius 1 is 1.14 bits per heavy atom. The average Bonchev–Trinajstić information content (AvgIpc) is 3.24. The third-order valence-electron chi connectivity index (χ3n) is 5.60. The van der Waals surface area contributed by atoms with E-state index in [9.17, 15) is 9.90 Å². The van der Waals surface area contributed by atoms with Crippen molar-refractivity contribution in [3.63, 3.8) is 0 Å². The number of hydrogen-bond donors (Lipinski definition) is 1. The van der Waals surface area contributed by atoms with Crippen molar-refractivity contribution in [2.75, 3.05) is 20.1 Å². The van der Waals surface area contributed by atoms with Crippen LogP contribution in [0.25, 0.3) is 11.3 Å². The second kappa shape index (κ2) is 8.49. The Hall–Kier alpha value is -3.12. The molecule has 3 aromatic rings. The standard InChI is InChI=1S/C23H26N4O2/c1-25(20-10-12-26(13-11-20)15-18-6-3-2-4-7-18)23(29)27-16-22(24-17-27)19-8-5-9-21(28)14-19/h2-9,14,16-17,20,28H,10-13,15H2,1H3. The number of benzene rings is 2. The zero-order valence-corrected chi connectivity index (χ0v) is 16.6. The number of hydrogen-bond acceptors (Lipinski definition) is 4. The first-order valence-electron chi connectivity index (χ1n) is 9.97. The number of carbonyl (C=O) groups excluding carboxylic acids is 1.